The first-order chi connectivity index (χ1) is 14.0. The van der Waals surface area contributed by atoms with Crippen LogP contribution < -0.4 is 11.0 Å². The van der Waals surface area contributed by atoms with Crippen molar-refractivity contribution in [2.45, 2.75) is 44.2 Å². The minimum atomic E-state index is -0.397. The molecule has 3 rings (SSSR count). The molecule has 2 N–H and O–H groups in total. The Bertz CT molecular complexity index is 956. The highest BCUT2D eigenvalue weighted by molar-refractivity contribution is 8.00. The predicted molar refractivity (Wildman–Crippen MR) is 109 cm³/mol. The summed E-state index contributed by atoms with van der Waals surface area (Å²) < 4.78 is 6.40. The van der Waals surface area contributed by atoms with Gasteiger partial charge in [0.05, 0.1) is 37.6 Å². The Kier molecular flexibility index (Phi) is 7.40. The first-order valence-corrected chi connectivity index (χ1v) is 11.1. The van der Waals surface area contributed by atoms with E-state index in [-0.39, 0.29) is 37.2 Å². The summed E-state index contributed by atoms with van der Waals surface area (Å²) in [6.45, 7) is 2.17. The SMILES string of the molecule is CCOC(=O)Cc1csc(NC(=O)CSc2nc(=O)n(CCO)c3c2CCC3)n1. The zero-order valence-corrected chi connectivity index (χ0v) is 17.6. The highest BCUT2D eigenvalue weighted by atomic mass is 32.2. The summed E-state index contributed by atoms with van der Waals surface area (Å²) in [5, 5.41) is 14.6. The third-order valence-corrected chi connectivity index (χ3v) is 6.12. The number of aliphatic hydroxyl groups excluding tert-OH is 1. The number of carbonyl (C=O) groups is 2. The average molecular weight is 439 g/mol. The molecular formula is C18H22N4O5S2. The molecule has 0 bridgehead atoms. The lowest BCUT2D eigenvalue weighted by Crippen LogP contribution is -2.28. The van der Waals surface area contributed by atoms with Gasteiger partial charge in [0.15, 0.2) is 5.13 Å². The standard InChI is InChI=1S/C18H22N4O5S2/c1-2-27-15(25)8-11-9-29-17(19-11)20-14(24)10-28-16-12-4-3-5-13(12)22(6-7-23)18(26)21-16/h9,23H,2-8,10H2,1H3,(H,19,20,24). The van der Waals surface area contributed by atoms with Crippen LogP contribution in [0.25, 0.3) is 0 Å². The molecule has 29 heavy (non-hydrogen) atoms. The molecule has 1 amide bonds. The molecule has 9 nitrogen and oxygen atoms in total. The number of amides is 1. The average Bonchev–Trinajstić information content (AvgIpc) is 3.32. The Morgan fingerprint density at radius 1 is 1.38 bits per heavy atom. The Labute approximate surface area is 175 Å². The second kappa shape index (κ2) is 9.99. The number of rotatable bonds is 9. The van der Waals surface area contributed by atoms with Crippen molar-refractivity contribution in [1.29, 1.82) is 0 Å². The number of nitrogens with zero attached hydrogens (tertiary/aromatic N) is 3. The summed E-state index contributed by atoms with van der Waals surface area (Å²) >= 11 is 2.46. The fourth-order valence-electron chi connectivity index (χ4n) is 3.13. The van der Waals surface area contributed by atoms with E-state index in [1.807, 2.05) is 0 Å². The van der Waals surface area contributed by atoms with Gasteiger partial charge in [-0.15, -0.1) is 11.3 Å². The topological polar surface area (TPSA) is 123 Å². The number of fused-ring (bicyclic) bond motifs is 1. The predicted octanol–water partition coefficient (Wildman–Crippen LogP) is 1.02. The molecule has 0 fully saturated rings. The van der Waals surface area contributed by atoms with Crippen LogP contribution in [0.4, 0.5) is 5.13 Å². The van der Waals surface area contributed by atoms with E-state index < -0.39 is 5.69 Å². The van der Waals surface area contributed by atoms with Crippen molar-refractivity contribution in [3.63, 3.8) is 0 Å². The largest absolute Gasteiger partial charge is 0.466 e. The number of ether oxygens (including phenoxy) is 1. The van der Waals surface area contributed by atoms with E-state index in [1.54, 1.807) is 12.3 Å². The van der Waals surface area contributed by atoms with Gasteiger partial charge in [0.25, 0.3) is 0 Å². The maximum Gasteiger partial charge on any atom is 0.348 e. The van der Waals surface area contributed by atoms with E-state index in [1.165, 1.54) is 27.7 Å². The summed E-state index contributed by atoms with van der Waals surface area (Å²) in [4.78, 5) is 44.3. The van der Waals surface area contributed by atoms with Crippen LogP contribution in [0.1, 0.15) is 30.3 Å². The van der Waals surface area contributed by atoms with Crippen LogP contribution in [0, 0.1) is 0 Å². The van der Waals surface area contributed by atoms with Gasteiger partial charge in [-0.3, -0.25) is 14.2 Å². The minimum absolute atomic E-state index is 0.0646. The normalized spacial score (nSPS) is 12.6. The molecule has 2 heterocycles. The lowest BCUT2D eigenvalue weighted by Gasteiger charge is -2.12. The lowest BCUT2D eigenvalue weighted by molar-refractivity contribution is -0.142. The zero-order valence-electron chi connectivity index (χ0n) is 16.0. The van der Waals surface area contributed by atoms with Gasteiger partial charge in [-0.25, -0.2) is 9.78 Å². The molecule has 0 saturated heterocycles. The van der Waals surface area contributed by atoms with Gasteiger partial charge in [0, 0.05) is 16.6 Å². The van der Waals surface area contributed by atoms with E-state index in [0.29, 0.717) is 22.5 Å². The molecule has 0 radical (unpaired) electrons. The summed E-state index contributed by atoms with van der Waals surface area (Å²) in [5.74, 6) is -0.530. The summed E-state index contributed by atoms with van der Waals surface area (Å²) in [7, 11) is 0. The van der Waals surface area contributed by atoms with Crippen LogP contribution >= 0.6 is 23.1 Å². The molecular weight excluding hydrogens is 416 g/mol. The Balaban J connectivity index is 1.60. The van der Waals surface area contributed by atoms with Crippen LogP contribution in [-0.2, 0) is 40.1 Å². The number of carbonyl (C=O) groups excluding carboxylic acids is 2. The summed E-state index contributed by atoms with van der Waals surface area (Å²) in [6.07, 6.45) is 2.57. The number of thiazole rings is 1. The third-order valence-electron chi connectivity index (χ3n) is 4.29. The Morgan fingerprint density at radius 3 is 2.97 bits per heavy atom. The number of anilines is 1. The quantitative estimate of drug-likeness (QED) is 0.338. The van der Waals surface area contributed by atoms with Crippen molar-refractivity contribution in [3.8, 4) is 0 Å². The van der Waals surface area contributed by atoms with Crippen molar-refractivity contribution in [1.82, 2.24) is 14.5 Å². The molecule has 0 unspecified atom stereocenters. The van der Waals surface area contributed by atoms with Gasteiger partial charge in [-0.1, -0.05) is 11.8 Å². The van der Waals surface area contributed by atoms with E-state index in [0.717, 1.165) is 30.5 Å². The second-order valence-electron chi connectivity index (χ2n) is 6.32. The highest BCUT2D eigenvalue weighted by Gasteiger charge is 2.22. The molecule has 1 aliphatic rings. The molecule has 1 aliphatic carbocycles. The van der Waals surface area contributed by atoms with Crippen molar-refractivity contribution < 1.29 is 19.4 Å². The van der Waals surface area contributed by atoms with Gasteiger partial charge in [-0.2, -0.15) is 4.98 Å². The van der Waals surface area contributed by atoms with Gasteiger partial charge in [-0.05, 0) is 26.2 Å². The molecule has 0 aromatic carbocycles. The number of aliphatic hydroxyl groups is 1. The molecule has 0 atom stereocenters. The number of aromatic nitrogens is 3. The van der Waals surface area contributed by atoms with Crippen molar-refractivity contribution in [2.24, 2.45) is 0 Å². The first-order valence-electron chi connectivity index (χ1n) is 9.28. The highest BCUT2D eigenvalue weighted by Crippen LogP contribution is 2.29. The van der Waals surface area contributed by atoms with Crippen molar-refractivity contribution >= 4 is 40.1 Å². The smallest absolute Gasteiger partial charge is 0.348 e. The fraction of sp³-hybridized carbons (Fsp3) is 0.500. The molecule has 2 aromatic rings. The van der Waals surface area contributed by atoms with Crippen molar-refractivity contribution in [2.75, 3.05) is 24.3 Å². The molecule has 11 heteroatoms. The molecule has 0 aliphatic heterocycles. The van der Waals surface area contributed by atoms with Crippen LogP contribution in [0.15, 0.2) is 15.2 Å². The number of hydrogen-bond donors (Lipinski definition) is 2. The molecule has 0 saturated carbocycles. The zero-order chi connectivity index (χ0) is 20.8. The molecule has 156 valence electrons. The van der Waals surface area contributed by atoms with Gasteiger partial charge >= 0.3 is 11.7 Å². The number of hydrogen-bond acceptors (Lipinski definition) is 9. The minimum Gasteiger partial charge on any atom is -0.466 e. The van der Waals surface area contributed by atoms with Crippen LogP contribution in [-0.4, -0.2) is 50.5 Å². The van der Waals surface area contributed by atoms with Crippen LogP contribution in [0.3, 0.4) is 0 Å². The van der Waals surface area contributed by atoms with E-state index in [2.05, 4.69) is 15.3 Å². The van der Waals surface area contributed by atoms with E-state index in [4.69, 9.17) is 9.84 Å². The fourth-order valence-corrected chi connectivity index (χ4v) is 4.73. The van der Waals surface area contributed by atoms with Gasteiger partial charge in [0.2, 0.25) is 5.91 Å². The van der Waals surface area contributed by atoms with E-state index in [9.17, 15) is 14.4 Å². The Hall–Kier alpha value is -2.24. The maximum atomic E-state index is 12.3. The van der Waals surface area contributed by atoms with Gasteiger partial charge in [0.1, 0.15) is 5.03 Å². The van der Waals surface area contributed by atoms with Crippen molar-refractivity contribution in [3.05, 3.63) is 32.8 Å². The van der Waals surface area contributed by atoms with Crippen LogP contribution in [0.2, 0.25) is 0 Å². The summed E-state index contributed by atoms with van der Waals surface area (Å²) in [6, 6.07) is 0. The van der Waals surface area contributed by atoms with Crippen LogP contribution in [0.5, 0.6) is 0 Å². The van der Waals surface area contributed by atoms with Gasteiger partial charge < -0.3 is 15.2 Å². The maximum absolute atomic E-state index is 12.3. The number of thioether (sulfide) groups is 1. The lowest BCUT2D eigenvalue weighted by atomic mass is 10.2. The number of esters is 1. The summed E-state index contributed by atoms with van der Waals surface area (Å²) in [5.41, 5.74) is 2.04. The monoisotopic (exact) mass is 438 g/mol. The molecule has 2 aromatic heterocycles. The second-order valence-corrected chi connectivity index (χ2v) is 8.14. The Morgan fingerprint density at radius 2 is 2.21 bits per heavy atom. The number of nitrogens with one attached hydrogen (secondary N) is 1. The molecule has 0 spiro atoms. The first kappa shape index (κ1) is 21.5. The third kappa shape index (κ3) is 5.43. The van der Waals surface area contributed by atoms with E-state index >= 15 is 0 Å².